The fourth-order valence-corrected chi connectivity index (χ4v) is 2.67. The van der Waals surface area contributed by atoms with Crippen molar-refractivity contribution in [3.8, 4) is 0 Å². The highest BCUT2D eigenvalue weighted by atomic mass is 32.1. The van der Waals surface area contributed by atoms with E-state index in [1.807, 2.05) is 23.6 Å². The minimum Gasteiger partial charge on any atom is -0.353 e. The number of rotatable bonds is 6. The molecule has 2 N–H and O–H groups in total. The second kappa shape index (κ2) is 8.09. The van der Waals surface area contributed by atoms with Crippen molar-refractivity contribution in [3.05, 3.63) is 28.5 Å². The van der Waals surface area contributed by atoms with E-state index in [1.165, 1.54) is 0 Å². The molecule has 1 aromatic rings. The molecule has 1 amide bonds. The lowest BCUT2D eigenvalue weighted by Gasteiger charge is -2.26. The zero-order chi connectivity index (χ0) is 13.3. The van der Waals surface area contributed by atoms with Gasteiger partial charge in [-0.2, -0.15) is 0 Å². The predicted octanol–water partition coefficient (Wildman–Crippen LogP) is 1.17. The second-order valence-corrected chi connectivity index (χ2v) is 5.56. The van der Waals surface area contributed by atoms with Gasteiger partial charge in [0, 0.05) is 43.7 Å². The second-order valence-electron chi connectivity index (χ2n) is 4.58. The molecule has 4 nitrogen and oxygen atoms in total. The molecule has 0 aliphatic carbocycles. The Morgan fingerprint density at radius 1 is 1.47 bits per heavy atom. The lowest BCUT2D eigenvalue weighted by atomic mass is 10.3. The van der Waals surface area contributed by atoms with Crippen molar-refractivity contribution in [3.63, 3.8) is 0 Å². The van der Waals surface area contributed by atoms with Crippen molar-refractivity contribution >= 4 is 23.3 Å². The molecule has 0 saturated carbocycles. The Morgan fingerprint density at radius 2 is 2.32 bits per heavy atom. The van der Waals surface area contributed by atoms with E-state index in [1.54, 1.807) is 17.4 Å². The molecule has 2 rings (SSSR count). The summed E-state index contributed by atoms with van der Waals surface area (Å²) in [5.41, 5.74) is 0. The smallest absolute Gasteiger partial charge is 0.244 e. The number of nitrogens with one attached hydrogen (secondary N) is 2. The fourth-order valence-electron chi connectivity index (χ4n) is 2.05. The van der Waals surface area contributed by atoms with E-state index in [0.29, 0.717) is 0 Å². The fraction of sp³-hybridized carbons (Fsp3) is 0.500. The van der Waals surface area contributed by atoms with Gasteiger partial charge in [-0.25, -0.2) is 0 Å². The van der Waals surface area contributed by atoms with Gasteiger partial charge in [0.1, 0.15) is 0 Å². The molecule has 2 heterocycles. The third-order valence-corrected chi connectivity index (χ3v) is 3.94. The van der Waals surface area contributed by atoms with Gasteiger partial charge in [0.05, 0.1) is 0 Å². The molecule has 0 unspecified atom stereocenters. The van der Waals surface area contributed by atoms with E-state index in [4.69, 9.17) is 0 Å². The van der Waals surface area contributed by atoms with Crippen molar-refractivity contribution in [1.82, 2.24) is 15.5 Å². The molecule has 1 saturated heterocycles. The van der Waals surface area contributed by atoms with Crippen LogP contribution in [0.25, 0.3) is 6.08 Å². The van der Waals surface area contributed by atoms with Crippen molar-refractivity contribution < 1.29 is 4.79 Å². The van der Waals surface area contributed by atoms with Crippen molar-refractivity contribution in [2.75, 3.05) is 39.3 Å². The first-order valence-corrected chi connectivity index (χ1v) is 7.65. The van der Waals surface area contributed by atoms with E-state index >= 15 is 0 Å². The van der Waals surface area contributed by atoms with E-state index in [0.717, 1.165) is 50.6 Å². The van der Waals surface area contributed by atoms with Crippen LogP contribution in [0.15, 0.2) is 23.6 Å². The summed E-state index contributed by atoms with van der Waals surface area (Å²) in [6.07, 6.45) is 4.48. The molecular weight excluding hydrogens is 258 g/mol. The molecule has 1 aromatic heterocycles. The average Bonchev–Trinajstić information content (AvgIpc) is 2.96. The highest BCUT2D eigenvalue weighted by molar-refractivity contribution is 7.10. The van der Waals surface area contributed by atoms with Crippen LogP contribution >= 0.6 is 11.3 Å². The lowest BCUT2D eigenvalue weighted by Crippen LogP contribution is -2.44. The van der Waals surface area contributed by atoms with E-state index < -0.39 is 0 Å². The van der Waals surface area contributed by atoms with Crippen molar-refractivity contribution in [2.45, 2.75) is 6.42 Å². The summed E-state index contributed by atoms with van der Waals surface area (Å²) >= 11 is 1.63. The molecule has 0 spiro atoms. The Hall–Kier alpha value is -1.17. The number of carbonyl (C=O) groups excluding carboxylic acids is 1. The van der Waals surface area contributed by atoms with Gasteiger partial charge in [-0.05, 0) is 30.5 Å². The number of nitrogens with zero attached hydrogens (tertiary/aromatic N) is 1. The van der Waals surface area contributed by atoms with Crippen LogP contribution in [0.3, 0.4) is 0 Å². The maximum atomic E-state index is 11.6. The summed E-state index contributed by atoms with van der Waals surface area (Å²) in [5.74, 6) is -0.00582. The predicted molar refractivity (Wildman–Crippen MR) is 80.3 cm³/mol. The minimum absolute atomic E-state index is 0.00582. The van der Waals surface area contributed by atoms with Crippen LogP contribution in [0.2, 0.25) is 0 Å². The zero-order valence-corrected chi connectivity index (χ0v) is 11.9. The van der Waals surface area contributed by atoms with Gasteiger partial charge < -0.3 is 15.5 Å². The van der Waals surface area contributed by atoms with Crippen LogP contribution < -0.4 is 10.6 Å². The van der Waals surface area contributed by atoms with Gasteiger partial charge in [-0.3, -0.25) is 4.79 Å². The number of amides is 1. The van der Waals surface area contributed by atoms with Crippen LogP contribution in [0.5, 0.6) is 0 Å². The van der Waals surface area contributed by atoms with Crippen LogP contribution in [-0.4, -0.2) is 50.1 Å². The van der Waals surface area contributed by atoms with Crippen LogP contribution in [0, 0.1) is 0 Å². The molecule has 5 heteroatoms. The standard InChI is InChI=1S/C14H21N3OS/c18-14(5-4-13-3-1-12-19-13)16-6-2-9-17-10-7-15-8-11-17/h1,3-5,12,15H,2,6-11H2,(H,16,18)/b5-4+. The number of thiophene rings is 1. The molecule has 0 bridgehead atoms. The average molecular weight is 279 g/mol. The Balaban J connectivity index is 1.56. The third-order valence-electron chi connectivity index (χ3n) is 3.10. The maximum Gasteiger partial charge on any atom is 0.244 e. The Bertz CT molecular complexity index is 397. The van der Waals surface area contributed by atoms with Gasteiger partial charge >= 0.3 is 0 Å². The summed E-state index contributed by atoms with van der Waals surface area (Å²) in [6.45, 7) is 6.21. The van der Waals surface area contributed by atoms with E-state index in [-0.39, 0.29) is 5.91 Å². The Morgan fingerprint density at radius 3 is 3.05 bits per heavy atom. The van der Waals surface area contributed by atoms with E-state index in [9.17, 15) is 4.79 Å². The molecule has 0 aromatic carbocycles. The molecule has 1 aliphatic rings. The van der Waals surface area contributed by atoms with Gasteiger partial charge in [0.25, 0.3) is 0 Å². The highest BCUT2D eigenvalue weighted by Crippen LogP contribution is 2.09. The molecule has 1 fully saturated rings. The lowest BCUT2D eigenvalue weighted by molar-refractivity contribution is -0.116. The Labute approximate surface area is 118 Å². The quantitative estimate of drug-likeness (QED) is 0.607. The number of hydrogen-bond donors (Lipinski definition) is 2. The highest BCUT2D eigenvalue weighted by Gasteiger charge is 2.08. The summed E-state index contributed by atoms with van der Waals surface area (Å²) in [4.78, 5) is 15.1. The van der Waals surface area contributed by atoms with Crippen LogP contribution in [0.1, 0.15) is 11.3 Å². The van der Waals surface area contributed by atoms with Crippen LogP contribution in [-0.2, 0) is 4.79 Å². The first-order chi connectivity index (χ1) is 9.34. The third kappa shape index (κ3) is 5.55. The molecule has 0 radical (unpaired) electrons. The minimum atomic E-state index is -0.00582. The summed E-state index contributed by atoms with van der Waals surface area (Å²) in [5, 5.41) is 8.26. The Kier molecular flexibility index (Phi) is 6.07. The molecule has 1 aliphatic heterocycles. The van der Waals surface area contributed by atoms with Gasteiger partial charge in [-0.1, -0.05) is 6.07 Å². The van der Waals surface area contributed by atoms with Crippen LogP contribution in [0.4, 0.5) is 0 Å². The number of hydrogen-bond acceptors (Lipinski definition) is 4. The molecule has 104 valence electrons. The largest absolute Gasteiger partial charge is 0.353 e. The normalized spacial score (nSPS) is 16.8. The molecule has 0 atom stereocenters. The van der Waals surface area contributed by atoms with Crippen molar-refractivity contribution in [2.24, 2.45) is 0 Å². The first kappa shape index (κ1) is 14.2. The zero-order valence-electron chi connectivity index (χ0n) is 11.1. The van der Waals surface area contributed by atoms with E-state index in [2.05, 4.69) is 15.5 Å². The SMILES string of the molecule is O=C(/C=C/c1cccs1)NCCCN1CCNCC1. The van der Waals surface area contributed by atoms with Gasteiger partial charge in [0.2, 0.25) is 5.91 Å². The van der Waals surface area contributed by atoms with Gasteiger partial charge in [-0.15, -0.1) is 11.3 Å². The number of carbonyl (C=O) groups is 1. The molecular formula is C14H21N3OS. The number of piperazine rings is 1. The van der Waals surface area contributed by atoms with Crippen molar-refractivity contribution in [1.29, 1.82) is 0 Å². The topological polar surface area (TPSA) is 44.4 Å². The summed E-state index contributed by atoms with van der Waals surface area (Å²) in [6, 6.07) is 3.98. The summed E-state index contributed by atoms with van der Waals surface area (Å²) < 4.78 is 0. The maximum absolute atomic E-state index is 11.6. The first-order valence-electron chi connectivity index (χ1n) is 6.77. The van der Waals surface area contributed by atoms with Gasteiger partial charge in [0.15, 0.2) is 0 Å². The monoisotopic (exact) mass is 279 g/mol. The summed E-state index contributed by atoms with van der Waals surface area (Å²) in [7, 11) is 0. The molecule has 19 heavy (non-hydrogen) atoms.